The molecule has 0 aromatic rings. The SMILES string of the molecule is O=C(N1CCN(CC(F)(F)F)CC1)[C@@]12CCCC[C@H]1CNC2. The summed E-state index contributed by atoms with van der Waals surface area (Å²) < 4.78 is 37.3. The Kier molecular flexibility index (Phi) is 4.38. The first-order valence-electron chi connectivity index (χ1n) is 8.20. The van der Waals surface area contributed by atoms with Gasteiger partial charge in [0, 0.05) is 32.7 Å². The fraction of sp³-hybridized carbons (Fsp3) is 0.933. The van der Waals surface area contributed by atoms with E-state index in [0.717, 1.165) is 32.4 Å². The third-order valence-electron chi connectivity index (χ3n) is 5.53. The van der Waals surface area contributed by atoms with Crippen molar-refractivity contribution in [2.45, 2.75) is 31.9 Å². The highest BCUT2D eigenvalue weighted by molar-refractivity contribution is 5.84. The molecule has 0 radical (unpaired) electrons. The summed E-state index contributed by atoms with van der Waals surface area (Å²) in [5.74, 6) is 0.579. The first-order valence-corrected chi connectivity index (χ1v) is 8.20. The summed E-state index contributed by atoms with van der Waals surface area (Å²) in [5.41, 5.74) is -0.287. The molecule has 0 aromatic carbocycles. The van der Waals surface area contributed by atoms with Crippen molar-refractivity contribution in [2.24, 2.45) is 11.3 Å². The van der Waals surface area contributed by atoms with Crippen molar-refractivity contribution in [1.82, 2.24) is 15.1 Å². The quantitative estimate of drug-likeness (QED) is 0.837. The molecule has 1 amide bonds. The zero-order valence-electron chi connectivity index (χ0n) is 12.8. The Balaban J connectivity index is 1.60. The van der Waals surface area contributed by atoms with E-state index >= 15 is 0 Å². The average Bonchev–Trinajstić information content (AvgIpc) is 2.90. The number of alkyl halides is 3. The molecule has 2 heterocycles. The molecule has 1 N–H and O–H groups in total. The van der Waals surface area contributed by atoms with Crippen LogP contribution in [0.5, 0.6) is 0 Å². The van der Waals surface area contributed by atoms with Gasteiger partial charge in [-0.05, 0) is 25.3 Å². The highest BCUT2D eigenvalue weighted by atomic mass is 19.4. The van der Waals surface area contributed by atoms with Crippen molar-refractivity contribution in [1.29, 1.82) is 0 Å². The molecular weight excluding hydrogens is 295 g/mol. The summed E-state index contributed by atoms with van der Waals surface area (Å²) >= 11 is 0. The molecule has 1 aliphatic carbocycles. The third kappa shape index (κ3) is 3.11. The third-order valence-corrected chi connectivity index (χ3v) is 5.53. The normalized spacial score (nSPS) is 33.8. The molecule has 7 heteroatoms. The van der Waals surface area contributed by atoms with Gasteiger partial charge in [0.2, 0.25) is 5.91 Å². The Morgan fingerprint density at radius 1 is 1.18 bits per heavy atom. The fourth-order valence-electron chi connectivity index (χ4n) is 4.35. The zero-order valence-corrected chi connectivity index (χ0v) is 12.8. The first kappa shape index (κ1) is 16.1. The largest absolute Gasteiger partial charge is 0.401 e. The summed E-state index contributed by atoms with van der Waals surface area (Å²) in [5, 5.41) is 3.36. The number of nitrogens with one attached hydrogen (secondary N) is 1. The van der Waals surface area contributed by atoms with Gasteiger partial charge in [0.15, 0.2) is 0 Å². The van der Waals surface area contributed by atoms with Crippen LogP contribution in [0, 0.1) is 11.3 Å². The molecule has 3 fully saturated rings. The molecular formula is C15H24F3N3O. The van der Waals surface area contributed by atoms with Crippen LogP contribution in [-0.2, 0) is 4.79 Å². The van der Waals surface area contributed by atoms with Crippen LogP contribution in [-0.4, -0.2) is 67.7 Å². The van der Waals surface area contributed by atoms with Gasteiger partial charge in [-0.25, -0.2) is 0 Å². The lowest BCUT2D eigenvalue weighted by Crippen LogP contribution is -2.56. The van der Waals surface area contributed by atoms with Crippen LogP contribution in [0.25, 0.3) is 0 Å². The van der Waals surface area contributed by atoms with Gasteiger partial charge in [0.25, 0.3) is 0 Å². The van der Waals surface area contributed by atoms with E-state index in [1.807, 2.05) is 0 Å². The topological polar surface area (TPSA) is 35.6 Å². The maximum absolute atomic E-state index is 13.0. The van der Waals surface area contributed by atoms with E-state index in [1.165, 1.54) is 11.3 Å². The lowest BCUT2D eigenvalue weighted by atomic mass is 9.67. The minimum absolute atomic E-state index is 0.175. The predicted molar refractivity (Wildman–Crippen MR) is 76.3 cm³/mol. The van der Waals surface area contributed by atoms with Crippen LogP contribution in [0.1, 0.15) is 25.7 Å². The monoisotopic (exact) mass is 319 g/mol. The van der Waals surface area contributed by atoms with E-state index < -0.39 is 12.7 Å². The Morgan fingerprint density at radius 3 is 2.59 bits per heavy atom. The molecule has 4 nitrogen and oxygen atoms in total. The van der Waals surface area contributed by atoms with Crippen molar-refractivity contribution < 1.29 is 18.0 Å². The standard InChI is InChI=1S/C15H24F3N3O/c16-15(17,18)11-20-5-7-21(8-6-20)13(22)14-4-2-1-3-12(14)9-19-10-14/h12,19H,1-11H2/t12-,14+/m0/s1. The van der Waals surface area contributed by atoms with Gasteiger partial charge in [0.05, 0.1) is 12.0 Å². The van der Waals surface area contributed by atoms with E-state index in [2.05, 4.69) is 5.32 Å². The Morgan fingerprint density at radius 2 is 1.91 bits per heavy atom. The average molecular weight is 319 g/mol. The molecule has 0 spiro atoms. The lowest BCUT2D eigenvalue weighted by Gasteiger charge is -2.43. The van der Waals surface area contributed by atoms with E-state index in [0.29, 0.717) is 32.1 Å². The maximum atomic E-state index is 13.0. The maximum Gasteiger partial charge on any atom is 0.401 e. The minimum Gasteiger partial charge on any atom is -0.340 e. The van der Waals surface area contributed by atoms with E-state index in [1.54, 1.807) is 4.90 Å². The van der Waals surface area contributed by atoms with Gasteiger partial charge in [-0.1, -0.05) is 12.8 Å². The van der Waals surface area contributed by atoms with Gasteiger partial charge in [-0.3, -0.25) is 9.69 Å². The number of nitrogens with zero attached hydrogens (tertiary/aromatic N) is 2. The number of hydrogen-bond acceptors (Lipinski definition) is 3. The molecule has 0 bridgehead atoms. The van der Waals surface area contributed by atoms with Crippen molar-refractivity contribution in [3.8, 4) is 0 Å². The van der Waals surface area contributed by atoms with Crippen molar-refractivity contribution in [3.05, 3.63) is 0 Å². The van der Waals surface area contributed by atoms with Crippen LogP contribution < -0.4 is 5.32 Å². The Hall–Kier alpha value is -0.820. The van der Waals surface area contributed by atoms with Gasteiger partial charge < -0.3 is 10.2 Å². The van der Waals surface area contributed by atoms with E-state index in [-0.39, 0.29) is 11.3 Å². The summed E-state index contributed by atoms with van der Waals surface area (Å²) in [4.78, 5) is 16.2. The predicted octanol–water partition coefficient (Wildman–Crippen LogP) is 1.47. The van der Waals surface area contributed by atoms with E-state index in [4.69, 9.17) is 0 Å². The van der Waals surface area contributed by atoms with Gasteiger partial charge >= 0.3 is 6.18 Å². The van der Waals surface area contributed by atoms with Crippen molar-refractivity contribution >= 4 is 5.91 Å². The van der Waals surface area contributed by atoms with Crippen LogP contribution in [0.15, 0.2) is 0 Å². The van der Waals surface area contributed by atoms with Crippen LogP contribution in [0.4, 0.5) is 13.2 Å². The molecule has 0 aromatic heterocycles. The summed E-state index contributed by atoms with van der Waals surface area (Å²) in [6.45, 7) is 2.25. The number of piperazine rings is 1. The van der Waals surface area contributed by atoms with Crippen LogP contribution >= 0.6 is 0 Å². The number of hydrogen-bond donors (Lipinski definition) is 1. The number of halogens is 3. The molecule has 22 heavy (non-hydrogen) atoms. The highest BCUT2D eigenvalue weighted by Gasteiger charge is 2.51. The molecule has 2 atom stereocenters. The smallest absolute Gasteiger partial charge is 0.340 e. The van der Waals surface area contributed by atoms with Gasteiger partial charge in [-0.15, -0.1) is 0 Å². The molecule has 1 saturated carbocycles. The number of rotatable bonds is 2. The summed E-state index contributed by atoms with van der Waals surface area (Å²) in [6.07, 6.45) is 0.118. The zero-order chi connectivity index (χ0) is 15.8. The molecule has 0 unspecified atom stereocenters. The van der Waals surface area contributed by atoms with Crippen LogP contribution in [0.2, 0.25) is 0 Å². The molecule has 3 aliphatic rings. The van der Waals surface area contributed by atoms with E-state index in [9.17, 15) is 18.0 Å². The first-order chi connectivity index (χ1) is 10.4. The van der Waals surface area contributed by atoms with Crippen molar-refractivity contribution in [2.75, 3.05) is 45.8 Å². The molecule has 2 saturated heterocycles. The number of fused-ring (bicyclic) bond motifs is 1. The summed E-state index contributed by atoms with van der Waals surface area (Å²) in [6, 6.07) is 0. The lowest BCUT2D eigenvalue weighted by molar-refractivity contribution is -0.156. The van der Waals surface area contributed by atoms with Crippen LogP contribution in [0.3, 0.4) is 0 Å². The number of carbonyl (C=O) groups excluding carboxylic acids is 1. The summed E-state index contributed by atoms with van der Waals surface area (Å²) in [7, 11) is 0. The second-order valence-corrected chi connectivity index (χ2v) is 6.91. The Labute approximate surface area is 129 Å². The fourth-order valence-corrected chi connectivity index (χ4v) is 4.35. The molecule has 3 rings (SSSR count). The molecule has 2 aliphatic heterocycles. The second kappa shape index (κ2) is 6.00. The second-order valence-electron chi connectivity index (χ2n) is 6.91. The van der Waals surface area contributed by atoms with Crippen molar-refractivity contribution in [3.63, 3.8) is 0 Å². The minimum atomic E-state index is -4.16. The Bertz CT molecular complexity index is 421. The molecule has 126 valence electrons. The highest BCUT2D eigenvalue weighted by Crippen LogP contribution is 2.45. The number of carbonyl (C=O) groups is 1. The van der Waals surface area contributed by atoms with Gasteiger partial charge in [0.1, 0.15) is 0 Å². The van der Waals surface area contributed by atoms with Gasteiger partial charge in [-0.2, -0.15) is 13.2 Å². The number of amides is 1.